The molecule has 3 rings (SSSR count). The van der Waals surface area contributed by atoms with Crippen LogP contribution in [-0.4, -0.2) is 17.1 Å². The second-order valence-electron chi connectivity index (χ2n) is 6.53. The Morgan fingerprint density at radius 3 is 2.27 bits per heavy atom. The summed E-state index contributed by atoms with van der Waals surface area (Å²) in [6, 6.07) is 25.7. The molecule has 0 heterocycles. The van der Waals surface area contributed by atoms with E-state index in [0.29, 0.717) is 13.0 Å². The summed E-state index contributed by atoms with van der Waals surface area (Å²) < 4.78 is 0. The molecular formula is C23H23NO2. The van der Waals surface area contributed by atoms with Crippen LogP contribution in [0.4, 0.5) is 0 Å². The first-order valence-electron chi connectivity index (χ1n) is 8.78. The van der Waals surface area contributed by atoms with Crippen molar-refractivity contribution < 1.29 is 9.90 Å². The molecule has 0 spiro atoms. The van der Waals surface area contributed by atoms with Crippen LogP contribution in [0.5, 0.6) is 0 Å². The maximum Gasteiger partial charge on any atom is 0.321 e. The van der Waals surface area contributed by atoms with Crippen molar-refractivity contribution in [1.82, 2.24) is 5.32 Å². The average Bonchev–Trinajstić information content (AvgIpc) is 2.66. The number of carboxylic acids is 1. The molecule has 0 saturated carbocycles. The Labute approximate surface area is 154 Å². The van der Waals surface area contributed by atoms with Gasteiger partial charge in [-0.05, 0) is 41.7 Å². The van der Waals surface area contributed by atoms with Crippen LogP contribution in [0.2, 0.25) is 0 Å². The van der Waals surface area contributed by atoms with Crippen LogP contribution in [0, 0.1) is 6.92 Å². The van der Waals surface area contributed by atoms with Crippen molar-refractivity contribution >= 4 is 5.97 Å². The van der Waals surface area contributed by atoms with Crippen molar-refractivity contribution in [2.75, 3.05) is 0 Å². The fraction of sp³-hybridized carbons (Fsp3) is 0.174. The number of benzene rings is 3. The molecule has 0 fully saturated rings. The highest BCUT2D eigenvalue weighted by Gasteiger charge is 2.17. The Balaban J connectivity index is 1.68. The predicted octanol–water partition coefficient (Wildman–Crippen LogP) is 4.45. The highest BCUT2D eigenvalue weighted by atomic mass is 16.4. The third-order valence-electron chi connectivity index (χ3n) is 4.45. The van der Waals surface area contributed by atoms with Gasteiger partial charge in [-0.25, -0.2) is 0 Å². The number of hydrogen-bond acceptors (Lipinski definition) is 2. The lowest BCUT2D eigenvalue weighted by atomic mass is 10.0. The van der Waals surface area contributed by atoms with Crippen molar-refractivity contribution in [3.8, 4) is 11.1 Å². The SMILES string of the molecule is Cc1ccc(-c2cccc(CN[C@H](Cc3ccccc3)C(=O)O)c2)cc1. The lowest BCUT2D eigenvalue weighted by Gasteiger charge is -2.15. The molecule has 1 atom stereocenters. The van der Waals surface area contributed by atoms with Crippen LogP contribution in [0.3, 0.4) is 0 Å². The van der Waals surface area contributed by atoms with Crippen molar-refractivity contribution in [1.29, 1.82) is 0 Å². The van der Waals surface area contributed by atoms with E-state index in [2.05, 4.69) is 48.6 Å². The van der Waals surface area contributed by atoms with Gasteiger partial charge < -0.3 is 10.4 Å². The summed E-state index contributed by atoms with van der Waals surface area (Å²) in [7, 11) is 0. The molecule has 0 aromatic heterocycles. The summed E-state index contributed by atoms with van der Waals surface area (Å²) in [5, 5.41) is 12.7. The highest BCUT2D eigenvalue weighted by Crippen LogP contribution is 2.21. The van der Waals surface area contributed by atoms with Gasteiger partial charge in [-0.2, -0.15) is 0 Å². The Bertz CT molecular complexity index is 857. The van der Waals surface area contributed by atoms with Gasteiger partial charge in [-0.3, -0.25) is 4.79 Å². The lowest BCUT2D eigenvalue weighted by Crippen LogP contribution is -2.38. The van der Waals surface area contributed by atoms with E-state index in [1.54, 1.807) is 0 Å². The molecule has 0 amide bonds. The molecule has 0 aliphatic carbocycles. The number of aryl methyl sites for hydroxylation is 1. The largest absolute Gasteiger partial charge is 0.480 e. The molecule has 0 saturated heterocycles. The van der Waals surface area contributed by atoms with E-state index in [1.165, 1.54) is 5.56 Å². The summed E-state index contributed by atoms with van der Waals surface area (Å²) in [6.07, 6.45) is 0.466. The van der Waals surface area contributed by atoms with E-state index >= 15 is 0 Å². The Morgan fingerprint density at radius 2 is 1.58 bits per heavy atom. The first-order chi connectivity index (χ1) is 12.6. The normalized spacial score (nSPS) is 11.9. The van der Waals surface area contributed by atoms with E-state index < -0.39 is 12.0 Å². The molecule has 3 aromatic rings. The topological polar surface area (TPSA) is 49.3 Å². The van der Waals surface area contributed by atoms with Gasteiger partial charge in [-0.15, -0.1) is 0 Å². The Morgan fingerprint density at radius 1 is 0.885 bits per heavy atom. The molecule has 0 unspecified atom stereocenters. The van der Waals surface area contributed by atoms with Crippen LogP contribution in [0.1, 0.15) is 16.7 Å². The maximum atomic E-state index is 11.6. The van der Waals surface area contributed by atoms with Gasteiger partial charge in [0.2, 0.25) is 0 Å². The standard InChI is InChI=1S/C23H23NO2/c1-17-10-12-20(13-11-17)21-9-5-8-19(14-21)16-24-22(23(25)26)15-18-6-3-2-4-7-18/h2-14,22,24H,15-16H2,1H3,(H,25,26)/t22-/m1/s1. The van der Waals surface area contributed by atoms with Crippen LogP contribution in [0.15, 0.2) is 78.9 Å². The predicted molar refractivity (Wildman–Crippen MR) is 105 cm³/mol. The Kier molecular flexibility index (Phi) is 5.82. The average molecular weight is 345 g/mol. The number of carboxylic acid groups (broad SMARTS) is 1. The van der Waals surface area contributed by atoms with Gasteiger partial charge in [0, 0.05) is 6.54 Å². The quantitative estimate of drug-likeness (QED) is 0.665. The number of aliphatic carboxylic acids is 1. The number of rotatable bonds is 7. The first kappa shape index (κ1) is 17.9. The van der Waals surface area contributed by atoms with E-state index in [0.717, 1.165) is 22.3 Å². The van der Waals surface area contributed by atoms with Crippen LogP contribution < -0.4 is 5.32 Å². The van der Waals surface area contributed by atoms with Crippen LogP contribution in [-0.2, 0) is 17.8 Å². The van der Waals surface area contributed by atoms with Crippen molar-refractivity contribution in [2.24, 2.45) is 0 Å². The fourth-order valence-electron chi connectivity index (χ4n) is 2.94. The van der Waals surface area contributed by atoms with Crippen LogP contribution in [0.25, 0.3) is 11.1 Å². The second kappa shape index (κ2) is 8.45. The molecule has 3 heteroatoms. The highest BCUT2D eigenvalue weighted by molar-refractivity contribution is 5.74. The van der Waals surface area contributed by atoms with Crippen molar-refractivity contribution in [3.05, 3.63) is 95.6 Å². The zero-order chi connectivity index (χ0) is 18.4. The third-order valence-corrected chi connectivity index (χ3v) is 4.45. The summed E-state index contributed by atoms with van der Waals surface area (Å²) >= 11 is 0. The fourth-order valence-corrected chi connectivity index (χ4v) is 2.94. The number of nitrogens with one attached hydrogen (secondary N) is 1. The first-order valence-corrected chi connectivity index (χ1v) is 8.78. The van der Waals surface area contributed by atoms with Gasteiger partial charge in [0.1, 0.15) is 6.04 Å². The van der Waals surface area contributed by atoms with E-state index in [-0.39, 0.29) is 0 Å². The zero-order valence-electron chi connectivity index (χ0n) is 14.9. The molecule has 3 aromatic carbocycles. The van der Waals surface area contributed by atoms with Crippen LogP contribution >= 0.6 is 0 Å². The lowest BCUT2D eigenvalue weighted by molar-refractivity contribution is -0.139. The van der Waals surface area contributed by atoms with Gasteiger partial charge in [0.05, 0.1) is 0 Å². The van der Waals surface area contributed by atoms with E-state index in [9.17, 15) is 9.90 Å². The zero-order valence-corrected chi connectivity index (χ0v) is 14.9. The summed E-state index contributed by atoms with van der Waals surface area (Å²) in [6.45, 7) is 2.59. The molecule has 26 heavy (non-hydrogen) atoms. The molecular weight excluding hydrogens is 322 g/mol. The molecule has 0 radical (unpaired) electrons. The Hall–Kier alpha value is -2.91. The molecule has 0 aliphatic heterocycles. The number of carbonyl (C=O) groups is 1. The van der Waals surface area contributed by atoms with Gasteiger partial charge in [0.25, 0.3) is 0 Å². The minimum absolute atomic E-state index is 0.466. The van der Waals surface area contributed by atoms with E-state index in [4.69, 9.17) is 0 Å². The van der Waals surface area contributed by atoms with Gasteiger partial charge in [-0.1, -0.05) is 78.4 Å². The number of hydrogen-bond donors (Lipinski definition) is 2. The molecule has 2 N–H and O–H groups in total. The van der Waals surface area contributed by atoms with Gasteiger partial charge in [0.15, 0.2) is 0 Å². The third kappa shape index (κ3) is 4.80. The molecule has 132 valence electrons. The maximum absolute atomic E-state index is 11.6. The van der Waals surface area contributed by atoms with Crippen molar-refractivity contribution in [2.45, 2.75) is 25.9 Å². The summed E-state index contributed by atoms with van der Waals surface area (Å²) in [5.74, 6) is -0.830. The van der Waals surface area contributed by atoms with E-state index in [1.807, 2.05) is 42.5 Å². The summed E-state index contributed by atoms with van der Waals surface area (Å²) in [5.41, 5.74) is 5.62. The molecule has 0 bridgehead atoms. The summed E-state index contributed by atoms with van der Waals surface area (Å²) in [4.78, 5) is 11.6. The second-order valence-corrected chi connectivity index (χ2v) is 6.53. The van der Waals surface area contributed by atoms with Crippen molar-refractivity contribution in [3.63, 3.8) is 0 Å². The minimum Gasteiger partial charge on any atom is -0.480 e. The molecule has 0 aliphatic rings. The monoisotopic (exact) mass is 345 g/mol. The molecule has 3 nitrogen and oxygen atoms in total. The minimum atomic E-state index is -0.830. The van der Waals surface area contributed by atoms with Gasteiger partial charge >= 0.3 is 5.97 Å². The smallest absolute Gasteiger partial charge is 0.321 e.